The fourth-order valence-electron chi connectivity index (χ4n) is 3.92. The van der Waals surface area contributed by atoms with Crippen LogP contribution in [0, 0.1) is 0 Å². The van der Waals surface area contributed by atoms with Crippen molar-refractivity contribution in [3.63, 3.8) is 0 Å². The third-order valence-electron chi connectivity index (χ3n) is 5.14. The van der Waals surface area contributed by atoms with Crippen LogP contribution < -0.4 is 5.32 Å². The number of carbonyl (C=O) groups excluding carboxylic acids is 1. The number of aromatic nitrogens is 1. The van der Waals surface area contributed by atoms with Gasteiger partial charge in [0.25, 0.3) is 0 Å². The van der Waals surface area contributed by atoms with Crippen molar-refractivity contribution in [3.05, 3.63) is 52.8 Å². The van der Waals surface area contributed by atoms with Gasteiger partial charge < -0.3 is 9.88 Å². The molecular weight excluding hydrogens is 324 g/mol. The second-order valence-electron chi connectivity index (χ2n) is 6.73. The second-order valence-corrected chi connectivity index (χ2v) is 6.73. The number of para-hydroxylation sites is 1. The Morgan fingerprint density at radius 3 is 2.58 bits per heavy atom. The Morgan fingerprint density at radius 1 is 1.19 bits per heavy atom. The van der Waals surface area contributed by atoms with E-state index in [0.29, 0.717) is 0 Å². The topological polar surface area (TPSA) is 49.6 Å². The van der Waals surface area contributed by atoms with Crippen molar-refractivity contribution in [1.82, 2.24) is 9.58 Å². The van der Waals surface area contributed by atoms with Crippen LogP contribution in [0.4, 0.5) is 10.5 Å². The maximum Gasteiger partial charge on any atom is 0.341 e. The Hall–Kier alpha value is -2.56. The molecule has 0 aliphatic heterocycles. The van der Waals surface area contributed by atoms with Crippen molar-refractivity contribution in [2.45, 2.75) is 46.0 Å². The minimum Gasteiger partial charge on any atom is -0.351 e. The van der Waals surface area contributed by atoms with Crippen molar-refractivity contribution < 1.29 is 4.79 Å². The second kappa shape index (κ2) is 7.77. The Bertz CT molecular complexity index is 820. The lowest BCUT2D eigenvalue weighted by Gasteiger charge is -2.20. The van der Waals surface area contributed by atoms with Crippen LogP contribution in [0.15, 0.2) is 35.4 Å². The lowest BCUT2D eigenvalue weighted by molar-refractivity contribution is 0.224. The molecule has 5 heteroatoms. The Morgan fingerprint density at radius 2 is 1.92 bits per heavy atom. The van der Waals surface area contributed by atoms with E-state index in [9.17, 15) is 4.79 Å². The quantitative estimate of drug-likeness (QED) is 0.817. The molecule has 2 amide bonds. The molecule has 0 fully saturated rings. The molecule has 1 aliphatic carbocycles. The third kappa shape index (κ3) is 3.39. The van der Waals surface area contributed by atoms with Crippen LogP contribution in [0.5, 0.6) is 0 Å². The van der Waals surface area contributed by atoms with Crippen LogP contribution in [0.1, 0.15) is 49.2 Å². The molecule has 0 bridgehead atoms. The molecule has 2 aromatic rings. The van der Waals surface area contributed by atoms with E-state index in [4.69, 9.17) is 5.10 Å². The predicted octanol–water partition coefficient (Wildman–Crippen LogP) is 4.35. The number of fused-ring (bicyclic) bond motifs is 1. The number of amides is 2. The maximum atomic E-state index is 12.5. The Balaban J connectivity index is 1.90. The molecular formula is C21H28N4O. The molecule has 1 aliphatic rings. The molecule has 26 heavy (non-hydrogen) atoms. The van der Waals surface area contributed by atoms with Gasteiger partial charge in [-0.2, -0.15) is 5.10 Å². The van der Waals surface area contributed by atoms with Crippen molar-refractivity contribution in [1.29, 1.82) is 0 Å². The Kier molecular flexibility index (Phi) is 5.45. The van der Waals surface area contributed by atoms with Gasteiger partial charge in [-0.05, 0) is 49.8 Å². The van der Waals surface area contributed by atoms with E-state index in [1.54, 1.807) is 7.05 Å². The first-order chi connectivity index (χ1) is 12.6. The smallest absolute Gasteiger partial charge is 0.341 e. The first-order valence-corrected chi connectivity index (χ1v) is 9.43. The summed E-state index contributed by atoms with van der Waals surface area (Å²) in [7, 11) is 3.88. The van der Waals surface area contributed by atoms with E-state index in [2.05, 4.69) is 30.8 Å². The van der Waals surface area contributed by atoms with Gasteiger partial charge in [-0.3, -0.25) is 0 Å². The monoisotopic (exact) mass is 352 g/mol. The van der Waals surface area contributed by atoms with E-state index in [0.717, 1.165) is 43.5 Å². The first-order valence-electron chi connectivity index (χ1n) is 9.43. The number of hydrogen-bond acceptors (Lipinski definition) is 2. The molecule has 0 saturated carbocycles. The van der Waals surface area contributed by atoms with Crippen molar-refractivity contribution in [3.8, 4) is 0 Å². The van der Waals surface area contributed by atoms with E-state index in [1.165, 1.54) is 27.5 Å². The summed E-state index contributed by atoms with van der Waals surface area (Å²) in [5, 5.41) is 9.01. The van der Waals surface area contributed by atoms with E-state index in [-0.39, 0.29) is 6.03 Å². The van der Waals surface area contributed by atoms with E-state index < -0.39 is 0 Å². The van der Waals surface area contributed by atoms with Gasteiger partial charge in [0, 0.05) is 36.7 Å². The van der Waals surface area contributed by atoms with Gasteiger partial charge in [-0.25, -0.2) is 9.80 Å². The first kappa shape index (κ1) is 18.2. The highest BCUT2D eigenvalue weighted by Crippen LogP contribution is 2.31. The molecule has 1 aromatic carbocycles. The average Bonchev–Trinajstić information content (AvgIpc) is 2.94. The van der Waals surface area contributed by atoms with Gasteiger partial charge in [0.2, 0.25) is 0 Å². The van der Waals surface area contributed by atoms with E-state index >= 15 is 0 Å². The SMILES string of the molecule is CCc1c2c(n(C)c1CC)CCC/C2=N\N(C)C(=O)Nc1ccccc1. The average molecular weight is 352 g/mol. The summed E-state index contributed by atoms with van der Waals surface area (Å²) in [6.07, 6.45) is 5.08. The number of nitrogens with zero attached hydrogens (tertiary/aromatic N) is 3. The van der Waals surface area contributed by atoms with Crippen LogP contribution in [0.25, 0.3) is 0 Å². The van der Waals surface area contributed by atoms with E-state index in [1.807, 2.05) is 30.3 Å². The van der Waals surface area contributed by atoms with Gasteiger partial charge in [0.1, 0.15) is 0 Å². The van der Waals surface area contributed by atoms with Crippen LogP contribution >= 0.6 is 0 Å². The fourth-order valence-corrected chi connectivity index (χ4v) is 3.92. The van der Waals surface area contributed by atoms with Gasteiger partial charge >= 0.3 is 6.03 Å². The molecule has 1 N–H and O–H groups in total. The highest BCUT2D eigenvalue weighted by molar-refractivity contribution is 6.05. The van der Waals surface area contributed by atoms with Gasteiger partial charge in [0.05, 0.1) is 5.71 Å². The molecule has 1 heterocycles. The maximum absolute atomic E-state index is 12.5. The van der Waals surface area contributed by atoms with Gasteiger partial charge in [-0.1, -0.05) is 32.0 Å². The predicted molar refractivity (Wildman–Crippen MR) is 107 cm³/mol. The lowest BCUT2D eigenvalue weighted by Crippen LogP contribution is -2.29. The zero-order chi connectivity index (χ0) is 18.7. The minimum absolute atomic E-state index is 0.222. The number of urea groups is 1. The molecule has 1 aromatic heterocycles. The summed E-state index contributed by atoms with van der Waals surface area (Å²) in [6, 6.07) is 9.25. The summed E-state index contributed by atoms with van der Waals surface area (Å²) >= 11 is 0. The molecule has 3 rings (SSSR count). The summed E-state index contributed by atoms with van der Waals surface area (Å²) < 4.78 is 2.34. The number of anilines is 1. The highest BCUT2D eigenvalue weighted by Gasteiger charge is 2.26. The normalized spacial score (nSPS) is 15.0. The van der Waals surface area contributed by atoms with Crippen LogP contribution in [0.2, 0.25) is 0 Å². The zero-order valence-electron chi connectivity index (χ0n) is 16.2. The summed E-state index contributed by atoms with van der Waals surface area (Å²) in [6.45, 7) is 4.41. The lowest BCUT2D eigenvalue weighted by atomic mass is 9.91. The van der Waals surface area contributed by atoms with Crippen LogP contribution in [-0.4, -0.2) is 28.4 Å². The van der Waals surface area contributed by atoms with Gasteiger partial charge in [0.15, 0.2) is 0 Å². The largest absolute Gasteiger partial charge is 0.351 e. The fraction of sp³-hybridized carbons (Fsp3) is 0.429. The molecule has 138 valence electrons. The molecule has 0 atom stereocenters. The number of hydrogen-bond donors (Lipinski definition) is 1. The number of benzene rings is 1. The molecule has 0 spiro atoms. The number of rotatable bonds is 4. The molecule has 0 unspecified atom stereocenters. The third-order valence-corrected chi connectivity index (χ3v) is 5.14. The van der Waals surface area contributed by atoms with Crippen molar-refractivity contribution in [2.75, 3.05) is 12.4 Å². The summed E-state index contributed by atoms with van der Waals surface area (Å²) in [5.41, 5.74) is 7.22. The van der Waals surface area contributed by atoms with Crippen LogP contribution in [0.3, 0.4) is 0 Å². The van der Waals surface area contributed by atoms with Crippen molar-refractivity contribution in [2.24, 2.45) is 12.1 Å². The highest BCUT2D eigenvalue weighted by atomic mass is 16.2. The molecule has 0 saturated heterocycles. The van der Waals surface area contributed by atoms with Crippen LogP contribution in [-0.2, 0) is 26.3 Å². The summed E-state index contributed by atoms with van der Waals surface area (Å²) in [5.74, 6) is 0. The standard InChI is InChI=1S/C21H28N4O/c1-5-16-18(6-2)24(3)19-14-10-13-17(20(16)19)23-25(4)21(26)22-15-11-8-7-9-12-15/h7-9,11-12H,5-6,10,13-14H2,1-4H3,(H,22,26)/b23-17+. The minimum atomic E-state index is -0.222. The number of nitrogens with one attached hydrogen (secondary N) is 1. The number of hydrazone groups is 1. The molecule has 0 radical (unpaired) electrons. The Labute approximate surface area is 155 Å². The molecule has 5 nitrogen and oxygen atoms in total. The van der Waals surface area contributed by atoms with Gasteiger partial charge in [-0.15, -0.1) is 0 Å². The zero-order valence-corrected chi connectivity index (χ0v) is 16.2. The number of carbonyl (C=O) groups is 1. The summed E-state index contributed by atoms with van der Waals surface area (Å²) in [4.78, 5) is 12.5. The van der Waals surface area contributed by atoms with Crippen molar-refractivity contribution >= 4 is 17.4 Å².